The highest BCUT2D eigenvalue weighted by molar-refractivity contribution is 6.42. The Kier molecular flexibility index (Phi) is 2.31. The Hall–Kier alpha value is -1.64. The van der Waals surface area contributed by atoms with Crippen molar-refractivity contribution in [1.29, 1.82) is 0 Å². The molecule has 78 valence electrons. The molecule has 15 heavy (non-hydrogen) atoms. The van der Waals surface area contributed by atoms with Gasteiger partial charge in [-0.2, -0.15) is 5.10 Å². The summed E-state index contributed by atoms with van der Waals surface area (Å²) in [5.41, 5.74) is 4.06. The Morgan fingerprint density at radius 3 is 2.47 bits per heavy atom. The van der Waals surface area contributed by atoms with Gasteiger partial charge in [-0.1, -0.05) is 6.07 Å². The van der Waals surface area contributed by atoms with Crippen molar-refractivity contribution in [1.82, 2.24) is 0 Å². The summed E-state index contributed by atoms with van der Waals surface area (Å²) >= 11 is 0. The number of hydrazone groups is 1. The molecular formula is C12H14N2O. The fourth-order valence-corrected chi connectivity index (χ4v) is 1.56. The molecule has 0 radical (unpaired) electrons. The van der Waals surface area contributed by atoms with Gasteiger partial charge in [0, 0.05) is 0 Å². The van der Waals surface area contributed by atoms with Crippen molar-refractivity contribution in [2.45, 2.75) is 20.8 Å². The predicted octanol–water partition coefficient (Wildman–Crippen LogP) is 2.07. The van der Waals surface area contributed by atoms with Crippen LogP contribution >= 0.6 is 0 Å². The van der Waals surface area contributed by atoms with Crippen LogP contribution in [-0.2, 0) is 4.79 Å². The van der Waals surface area contributed by atoms with Crippen molar-refractivity contribution < 1.29 is 4.79 Å². The maximum atomic E-state index is 11.3. The summed E-state index contributed by atoms with van der Waals surface area (Å²) in [7, 11) is 0. The second-order valence-corrected chi connectivity index (χ2v) is 3.93. The molecule has 0 bridgehead atoms. The summed E-state index contributed by atoms with van der Waals surface area (Å²) in [6, 6.07) is 6.11. The molecule has 0 atom stereocenters. The van der Waals surface area contributed by atoms with Crippen molar-refractivity contribution in [3.63, 3.8) is 0 Å². The van der Waals surface area contributed by atoms with Gasteiger partial charge >= 0.3 is 0 Å². The third-order valence-electron chi connectivity index (χ3n) is 2.76. The first kappa shape index (κ1) is 9.90. The first-order valence-corrected chi connectivity index (χ1v) is 5.01. The van der Waals surface area contributed by atoms with Crippen LogP contribution in [0.4, 0.5) is 5.69 Å². The first-order chi connectivity index (χ1) is 7.08. The average molecular weight is 202 g/mol. The molecule has 0 aliphatic carbocycles. The number of aryl methyl sites for hydroxylation is 2. The Morgan fingerprint density at radius 2 is 1.93 bits per heavy atom. The van der Waals surface area contributed by atoms with Crippen LogP contribution in [0, 0.1) is 13.8 Å². The number of hydrogen-bond acceptors (Lipinski definition) is 3. The van der Waals surface area contributed by atoms with E-state index in [1.807, 2.05) is 6.07 Å². The number of benzene rings is 1. The molecule has 0 N–H and O–H groups in total. The largest absolute Gasteiger partial charge is 0.291 e. The normalized spacial score (nSPS) is 15.8. The number of Topliss-reactive ketones (excluding diaryl/α,β-unsaturated/α-hetero) is 1. The summed E-state index contributed by atoms with van der Waals surface area (Å²) in [6.45, 7) is 6.26. The van der Waals surface area contributed by atoms with Crippen LogP contribution < -0.4 is 5.01 Å². The van der Waals surface area contributed by atoms with Gasteiger partial charge in [0.15, 0.2) is 5.78 Å². The third-order valence-corrected chi connectivity index (χ3v) is 2.76. The second-order valence-electron chi connectivity index (χ2n) is 3.93. The Balaban J connectivity index is 2.32. The van der Waals surface area contributed by atoms with E-state index in [0.29, 0.717) is 12.3 Å². The fraction of sp³-hybridized carbons (Fsp3) is 0.333. The van der Waals surface area contributed by atoms with Crippen LogP contribution in [0.1, 0.15) is 18.1 Å². The standard InChI is InChI=1S/C12H14N2O/c1-8-4-5-11(6-9(8)2)14-7-12(15)10(3)13-14/h4-6H,7H2,1-3H3. The molecule has 0 amide bonds. The Morgan fingerprint density at radius 1 is 1.20 bits per heavy atom. The molecule has 1 aromatic rings. The van der Waals surface area contributed by atoms with E-state index in [2.05, 4.69) is 31.1 Å². The lowest BCUT2D eigenvalue weighted by atomic mass is 10.1. The summed E-state index contributed by atoms with van der Waals surface area (Å²) < 4.78 is 0. The molecule has 0 saturated heterocycles. The first-order valence-electron chi connectivity index (χ1n) is 5.01. The number of hydrogen-bond donors (Lipinski definition) is 0. The second kappa shape index (κ2) is 3.50. The van der Waals surface area contributed by atoms with Crippen molar-refractivity contribution in [3.05, 3.63) is 29.3 Å². The van der Waals surface area contributed by atoms with Crippen LogP contribution in [0.2, 0.25) is 0 Å². The predicted molar refractivity (Wildman–Crippen MR) is 61.4 cm³/mol. The highest BCUT2D eigenvalue weighted by atomic mass is 16.1. The van der Waals surface area contributed by atoms with Crippen molar-refractivity contribution in [2.24, 2.45) is 5.10 Å². The van der Waals surface area contributed by atoms with Gasteiger partial charge in [-0.15, -0.1) is 0 Å². The monoisotopic (exact) mass is 202 g/mol. The number of anilines is 1. The van der Waals surface area contributed by atoms with Crippen LogP contribution in [0.5, 0.6) is 0 Å². The molecule has 1 aliphatic heterocycles. The SMILES string of the molecule is CC1=NN(c2ccc(C)c(C)c2)CC1=O. The highest BCUT2D eigenvalue weighted by Crippen LogP contribution is 2.21. The highest BCUT2D eigenvalue weighted by Gasteiger charge is 2.21. The average Bonchev–Trinajstić information content (AvgIpc) is 2.52. The van der Waals surface area contributed by atoms with Crippen LogP contribution in [-0.4, -0.2) is 18.0 Å². The summed E-state index contributed by atoms with van der Waals surface area (Å²) in [6.07, 6.45) is 0. The van der Waals surface area contributed by atoms with E-state index in [1.54, 1.807) is 11.9 Å². The lowest BCUT2D eigenvalue weighted by Gasteiger charge is -2.14. The lowest BCUT2D eigenvalue weighted by Crippen LogP contribution is -2.18. The molecule has 0 aromatic heterocycles. The summed E-state index contributed by atoms with van der Waals surface area (Å²) in [4.78, 5) is 11.3. The van der Waals surface area contributed by atoms with Crippen molar-refractivity contribution in [3.8, 4) is 0 Å². The van der Waals surface area contributed by atoms with Gasteiger partial charge < -0.3 is 0 Å². The van der Waals surface area contributed by atoms with E-state index in [0.717, 1.165) is 5.69 Å². The van der Waals surface area contributed by atoms with E-state index in [4.69, 9.17) is 0 Å². The van der Waals surface area contributed by atoms with Gasteiger partial charge in [0.1, 0.15) is 12.3 Å². The maximum absolute atomic E-state index is 11.3. The molecule has 0 saturated carbocycles. The molecule has 3 nitrogen and oxygen atoms in total. The van der Waals surface area contributed by atoms with Crippen LogP contribution in [0.3, 0.4) is 0 Å². The molecule has 0 unspecified atom stereocenters. The van der Waals surface area contributed by atoms with Gasteiger partial charge in [0.2, 0.25) is 0 Å². The van der Waals surface area contributed by atoms with Crippen LogP contribution in [0.25, 0.3) is 0 Å². The zero-order valence-corrected chi connectivity index (χ0v) is 9.24. The summed E-state index contributed by atoms with van der Waals surface area (Å²) in [5.74, 6) is 0.105. The minimum absolute atomic E-state index is 0.105. The molecule has 1 heterocycles. The minimum atomic E-state index is 0.105. The molecule has 3 heteroatoms. The zero-order chi connectivity index (χ0) is 11.0. The third kappa shape index (κ3) is 1.77. The molecular weight excluding hydrogens is 188 g/mol. The van der Waals surface area contributed by atoms with Gasteiger partial charge in [-0.05, 0) is 44.0 Å². The van der Waals surface area contributed by atoms with E-state index < -0.39 is 0 Å². The fourth-order valence-electron chi connectivity index (χ4n) is 1.56. The molecule has 2 rings (SSSR count). The topological polar surface area (TPSA) is 32.7 Å². The molecule has 1 aliphatic rings. The van der Waals surface area contributed by atoms with Crippen molar-refractivity contribution >= 4 is 17.2 Å². The number of rotatable bonds is 1. The number of ketones is 1. The molecule has 0 spiro atoms. The van der Waals surface area contributed by atoms with Gasteiger partial charge in [-0.25, -0.2) is 0 Å². The smallest absolute Gasteiger partial charge is 0.199 e. The van der Waals surface area contributed by atoms with Gasteiger partial charge in [0.05, 0.1) is 5.69 Å². The van der Waals surface area contributed by atoms with Crippen LogP contribution in [0.15, 0.2) is 23.3 Å². The summed E-state index contributed by atoms with van der Waals surface area (Å²) in [5, 5.41) is 5.97. The van der Waals surface area contributed by atoms with E-state index in [9.17, 15) is 4.79 Å². The number of carbonyl (C=O) groups excluding carboxylic acids is 1. The lowest BCUT2D eigenvalue weighted by molar-refractivity contribution is -0.111. The van der Waals surface area contributed by atoms with Gasteiger partial charge in [0.25, 0.3) is 0 Å². The van der Waals surface area contributed by atoms with Gasteiger partial charge in [-0.3, -0.25) is 9.80 Å². The number of nitrogens with zero attached hydrogens (tertiary/aromatic N) is 2. The van der Waals surface area contributed by atoms with Crippen molar-refractivity contribution in [2.75, 3.05) is 11.6 Å². The zero-order valence-electron chi connectivity index (χ0n) is 9.24. The molecule has 1 aromatic carbocycles. The Bertz CT molecular complexity index is 449. The maximum Gasteiger partial charge on any atom is 0.199 e. The van der Waals surface area contributed by atoms with E-state index in [1.165, 1.54) is 11.1 Å². The number of carbonyl (C=O) groups is 1. The van der Waals surface area contributed by atoms with E-state index >= 15 is 0 Å². The Labute approximate surface area is 89.4 Å². The quantitative estimate of drug-likeness (QED) is 0.698. The van der Waals surface area contributed by atoms with E-state index in [-0.39, 0.29) is 5.78 Å². The molecule has 0 fully saturated rings. The minimum Gasteiger partial charge on any atom is -0.291 e.